The van der Waals surface area contributed by atoms with Crippen molar-refractivity contribution in [3.63, 3.8) is 0 Å². The monoisotopic (exact) mass is 281 g/mol. The Morgan fingerprint density at radius 1 is 1.16 bits per heavy atom. The van der Waals surface area contributed by atoms with Gasteiger partial charge in [0.2, 0.25) is 10.0 Å². The summed E-state index contributed by atoms with van der Waals surface area (Å²) >= 11 is 0. The van der Waals surface area contributed by atoms with E-state index in [0.29, 0.717) is 31.2 Å². The van der Waals surface area contributed by atoms with E-state index in [1.807, 2.05) is 0 Å². The summed E-state index contributed by atoms with van der Waals surface area (Å²) in [4.78, 5) is 11.1. The zero-order chi connectivity index (χ0) is 14.0. The zero-order valence-electron chi connectivity index (χ0n) is 11.2. The highest BCUT2D eigenvalue weighted by molar-refractivity contribution is 7.89. The standard InChI is InChI=1S/C14H19NO3S/c1-11-7-12(2)9-15(8-11)19(17,18)14-6-4-3-5-13(14)10-16/h3-6,10-12H,7-9H2,1-2H3. The lowest BCUT2D eigenvalue weighted by molar-refractivity contribution is 0.112. The third-order valence-electron chi connectivity index (χ3n) is 3.50. The maximum absolute atomic E-state index is 12.6. The molecular formula is C14H19NO3S. The van der Waals surface area contributed by atoms with Crippen molar-refractivity contribution in [2.75, 3.05) is 13.1 Å². The van der Waals surface area contributed by atoms with E-state index in [9.17, 15) is 13.2 Å². The van der Waals surface area contributed by atoms with Crippen LogP contribution in [-0.2, 0) is 10.0 Å². The molecule has 2 rings (SSSR count). The highest BCUT2D eigenvalue weighted by Gasteiger charge is 2.32. The number of benzene rings is 1. The molecular weight excluding hydrogens is 262 g/mol. The summed E-state index contributed by atoms with van der Waals surface area (Å²) in [5, 5.41) is 0. The third kappa shape index (κ3) is 2.87. The van der Waals surface area contributed by atoms with Crippen molar-refractivity contribution >= 4 is 16.3 Å². The van der Waals surface area contributed by atoms with Gasteiger partial charge in [0.05, 0.1) is 4.90 Å². The van der Waals surface area contributed by atoms with Crippen LogP contribution in [0.4, 0.5) is 0 Å². The van der Waals surface area contributed by atoms with Crippen LogP contribution in [0.2, 0.25) is 0 Å². The number of nitrogens with zero attached hydrogens (tertiary/aromatic N) is 1. The van der Waals surface area contributed by atoms with Crippen molar-refractivity contribution in [1.29, 1.82) is 0 Å². The van der Waals surface area contributed by atoms with Gasteiger partial charge in [-0.3, -0.25) is 4.79 Å². The summed E-state index contributed by atoms with van der Waals surface area (Å²) in [7, 11) is -3.57. The fourth-order valence-electron chi connectivity index (χ4n) is 2.75. The maximum Gasteiger partial charge on any atom is 0.243 e. The van der Waals surface area contributed by atoms with E-state index in [1.165, 1.54) is 16.4 Å². The van der Waals surface area contributed by atoms with Crippen molar-refractivity contribution in [2.24, 2.45) is 11.8 Å². The molecule has 1 fully saturated rings. The van der Waals surface area contributed by atoms with Crippen LogP contribution in [-0.4, -0.2) is 32.1 Å². The quantitative estimate of drug-likeness (QED) is 0.798. The van der Waals surface area contributed by atoms with Crippen LogP contribution in [0, 0.1) is 11.8 Å². The topological polar surface area (TPSA) is 54.5 Å². The summed E-state index contributed by atoms with van der Waals surface area (Å²) in [6, 6.07) is 6.36. The fourth-order valence-corrected chi connectivity index (χ4v) is 4.60. The second-order valence-corrected chi connectivity index (χ2v) is 7.33. The summed E-state index contributed by atoms with van der Waals surface area (Å²) in [5.74, 6) is 0.698. The van der Waals surface area contributed by atoms with Crippen molar-refractivity contribution < 1.29 is 13.2 Å². The number of aldehydes is 1. The smallest absolute Gasteiger partial charge is 0.243 e. The predicted molar refractivity (Wildman–Crippen MR) is 73.5 cm³/mol. The van der Waals surface area contributed by atoms with Crippen molar-refractivity contribution in [3.05, 3.63) is 29.8 Å². The van der Waals surface area contributed by atoms with Gasteiger partial charge in [0, 0.05) is 18.7 Å². The highest BCUT2D eigenvalue weighted by Crippen LogP contribution is 2.27. The van der Waals surface area contributed by atoms with Crippen LogP contribution < -0.4 is 0 Å². The second kappa shape index (κ2) is 5.43. The Kier molecular flexibility index (Phi) is 4.06. The van der Waals surface area contributed by atoms with E-state index in [0.717, 1.165) is 6.42 Å². The minimum atomic E-state index is -3.57. The van der Waals surface area contributed by atoms with Crippen LogP contribution in [0.15, 0.2) is 29.2 Å². The Morgan fingerprint density at radius 3 is 2.32 bits per heavy atom. The summed E-state index contributed by atoms with van der Waals surface area (Å²) in [5.41, 5.74) is 0.230. The van der Waals surface area contributed by atoms with Gasteiger partial charge in [0.25, 0.3) is 0 Å². The van der Waals surface area contributed by atoms with Crippen molar-refractivity contribution in [1.82, 2.24) is 4.31 Å². The van der Waals surface area contributed by atoms with Gasteiger partial charge in [-0.2, -0.15) is 4.31 Å². The molecule has 0 N–H and O–H groups in total. The first kappa shape index (κ1) is 14.2. The first-order valence-corrected chi connectivity index (χ1v) is 7.93. The second-order valence-electron chi connectivity index (χ2n) is 5.42. The van der Waals surface area contributed by atoms with Crippen LogP contribution >= 0.6 is 0 Å². The minimum Gasteiger partial charge on any atom is -0.298 e. The largest absolute Gasteiger partial charge is 0.298 e. The molecule has 1 aromatic rings. The fraction of sp³-hybridized carbons (Fsp3) is 0.500. The van der Waals surface area contributed by atoms with Gasteiger partial charge in [-0.1, -0.05) is 32.0 Å². The van der Waals surface area contributed by atoms with E-state index >= 15 is 0 Å². The summed E-state index contributed by atoms with van der Waals surface area (Å²) in [6.07, 6.45) is 1.64. The number of sulfonamides is 1. The Labute approximate surface area is 114 Å². The molecule has 19 heavy (non-hydrogen) atoms. The third-order valence-corrected chi connectivity index (χ3v) is 5.40. The lowest BCUT2D eigenvalue weighted by Gasteiger charge is -2.34. The number of hydrogen-bond donors (Lipinski definition) is 0. The Morgan fingerprint density at radius 2 is 1.74 bits per heavy atom. The van der Waals surface area contributed by atoms with E-state index in [2.05, 4.69) is 13.8 Å². The average molecular weight is 281 g/mol. The van der Waals surface area contributed by atoms with Crippen LogP contribution in [0.25, 0.3) is 0 Å². The molecule has 1 aliphatic rings. The average Bonchev–Trinajstić information content (AvgIpc) is 2.37. The summed E-state index contributed by atoms with van der Waals surface area (Å²) in [6.45, 7) is 5.17. The van der Waals surface area contributed by atoms with Gasteiger partial charge in [-0.15, -0.1) is 0 Å². The first-order chi connectivity index (χ1) is 8.95. The zero-order valence-corrected chi connectivity index (χ0v) is 12.1. The molecule has 0 radical (unpaired) electrons. The van der Waals surface area contributed by atoms with E-state index in [-0.39, 0.29) is 10.5 Å². The molecule has 0 aliphatic carbocycles. The van der Waals surface area contributed by atoms with Crippen molar-refractivity contribution in [3.8, 4) is 0 Å². The lowest BCUT2D eigenvalue weighted by Crippen LogP contribution is -2.42. The highest BCUT2D eigenvalue weighted by atomic mass is 32.2. The molecule has 1 aliphatic heterocycles. The van der Waals surface area contributed by atoms with Gasteiger partial charge in [0.1, 0.15) is 0 Å². The molecule has 0 amide bonds. The Balaban J connectivity index is 2.39. The van der Waals surface area contributed by atoms with Crippen molar-refractivity contribution in [2.45, 2.75) is 25.2 Å². The number of hydrogen-bond acceptors (Lipinski definition) is 3. The SMILES string of the molecule is CC1CC(C)CN(S(=O)(=O)c2ccccc2C=O)C1. The van der Waals surface area contributed by atoms with E-state index in [4.69, 9.17) is 0 Å². The lowest BCUT2D eigenvalue weighted by atomic mass is 9.94. The summed E-state index contributed by atoms with van der Waals surface area (Å²) < 4.78 is 26.8. The molecule has 2 atom stereocenters. The molecule has 0 aromatic heterocycles. The van der Waals surface area contributed by atoms with Gasteiger partial charge < -0.3 is 0 Å². The number of carbonyl (C=O) groups excluding carboxylic acids is 1. The van der Waals surface area contributed by atoms with Crippen LogP contribution in [0.1, 0.15) is 30.6 Å². The molecule has 1 saturated heterocycles. The number of piperidine rings is 1. The Hall–Kier alpha value is -1.20. The first-order valence-electron chi connectivity index (χ1n) is 6.49. The Bertz CT molecular complexity index is 558. The molecule has 0 bridgehead atoms. The van der Waals surface area contributed by atoms with E-state index < -0.39 is 10.0 Å². The van der Waals surface area contributed by atoms with E-state index in [1.54, 1.807) is 12.1 Å². The van der Waals surface area contributed by atoms with Crippen LogP contribution in [0.3, 0.4) is 0 Å². The van der Waals surface area contributed by atoms with Gasteiger partial charge in [-0.25, -0.2) is 8.42 Å². The molecule has 5 heteroatoms. The molecule has 4 nitrogen and oxygen atoms in total. The molecule has 104 valence electrons. The maximum atomic E-state index is 12.6. The normalized spacial score (nSPS) is 25.2. The van der Waals surface area contributed by atoms with Crippen LogP contribution in [0.5, 0.6) is 0 Å². The number of rotatable bonds is 3. The molecule has 0 saturated carbocycles. The molecule has 0 spiro atoms. The predicted octanol–water partition coefficient (Wildman–Crippen LogP) is 2.17. The minimum absolute atomic E-state index is 0.117. The molecule has 2 unspecified atom stereocenters. The number of carbonyl (C=O) groups is 1. The van der Waals surface area contributed by atoms with Gasteiger partial charge in [0.15, 0.2) is 6.29 Å². The molecule has 1 aromatic carbocycles. The molecule has 1 heterocycles. The van der Waals surface area contributed by atoms with Gasteiger partial charge in [-0.05, 0) is 24.3 Å². The van der Waals surface area contributed by atoms with Gasteiger partial charge >= 0.3 is 0 Å².